The molecular weight excluding hydrogens is 462 g/mol. The van der Waals surface area contributed by atoms with Crippen LogP contribution in [0.3, 0.4) is 0 Å². The van der Waals surface area contributed by atoms with Crippen LogP contribution < -0.4 is 38.9 Å². The molecule has 0 aromatic carbocycles. The van der Waals surface area contributed by atoms with Crippen molar-refractivity contribution in [2.45, 2.75) is 56.3 Å². The van der Waals surface area contributed by atoms with Gasteiger partial charge >= 0.3 is 11.9 Å². The van der Waals surface area contributed by atoms with Crippen LogP contribution in [0, 0.1) is 0 Å². The summed E-state index contributed by atoms with van der Waals surface area (Å²) in [4.78, 5) is 92.5. The fraction of sp³-hybridized carbons (Fsp3) is 0.529. The van der Waals surface area contributed by atoms with E-state index < -0.39 is 104 Å². The van der Waals surface area contributed by atoms with Crippen LogP contribution >= 0.6 is 0 Å². The third-order valence-corrected chi connectivity index (χ3v) is 4.10. The zero-order chi connectivity index (χ0) is 26.6. The van der Waals surface area contributed by atoms with Gasteiger partial charge in [-0.2, -0.15) is 0 Å². The second-order valence-electron chi connectivity index (χ2n) is 7.07. The summed E-state index contributed by atoms with van der Waals surface area (Å²) >= 11 is 0. The van der Waals surface area contributed by atoms with Gasteiger partial charge in [0.15, 0.2) is 0 Å². The van der Waals surface area contributed by atoms with Gasteiger partial charge in [0.2, 0.25) is 35.4 Å². The predicted molar refractivity (Wildman–Crippen MR) is 110 cm³/mol. The molecule has 0 heterocycles. The van der Waals surface area contributed by atoms with Gasteiger partial charge in [-0.25, -0.2) is 4.79 Å². The Kier molecular flexibility index (Phi) is 12.2. The first kappa shape index (κ1) is 29.7. The zero-order valence-electron chi connectivity index (χ0n) is 17.8. The summed E-state index contributed by atoms with van der Waals surface area (Å²) in [5.74, 6) is -9.51. The first-order chi connectivity index (χ1) is 15.6. The molecule has 0 aromatic heterocycles. The molecule has 4 atom stereocenters. The standard InChI is InChI=1S/C17H27N7O10/c18-6(3-11(20)26)14(30)22-7(1-2-10(19)25)15(31)23-8(5-13(28)29)16(32)24-9(17(33)34)4-12(21)27/h6-9H,1-5,18H2,(H2,19,25)(H2,20,26)(H2,21,27)(H,22,30)(H,23,31)(H,24,32)(H,28,29)(H,33,34). The molecule has 0 saturated heterocycles. The maximum atomic E-state index is 12.7. The number of carboxylic acids is 2. The highest BCUT2D eigenvalue weighted by molar-refractivity contribution is 5.97. The van der Waals surface area contributed by atoms with Gasteiger partial charge in [-0.1, -0.05) is 0 Å². The number of hydrogen-bond acceptors (Lipinski definition) is 9. The Balaban J connectivity index is 5.62. The summed E-state index contributed by atoms with van der Waals surface area (Å²) in [6, 6.07) is -6.67. The lowest BCUT2D eigenvalue weighted by Crippen LogP contribution is -2.58. The quantitative estimate of drug-likeness (QED) is 0.0983. The molecule has 6 amide bonds. The smallest absolute Gasteiger partial charge is 0.326 e. The number of carbonyl (C=O) groups is 8. The third kappa shape index (κ3) is 11.9. The molecule has 0 aromatic rings. The van der Waals surface area contributed by atoms with E-state index in [9.17, 15) is 38.4 Å². The number of carboxylic acid groups (broad SMARTS) is 2. The van der Waals surface area contributed by atoms with E-state index in [1.165, 1.54) is 0 Å². The van der Waals surface area contributed by atoms with Gasteiger partial charge in [-0.15, -0.1) is 0 Å². The minimum atomic E-state index is -1.85. The Bertz CT molecular complexity index is 847. The lowest BCUT2D eigenvalue weighted by Gasteiger charge is -2.24. The predicted octanol–water partition coefficient (Wildman–Crippen LogP) is -5.66. The van der Waals surface area contributed by atoms with Gasteiger partial charge in [0.1, 0.15) is 18.1 Å². The largest absolute Gasteiger partial charge is 0.481 e. The SMILES string of the molecule is NC(=O)CCC(NC(=O)C(N)CC(N)=O)C(=O)NC(CC(=O)O)C(=O)NC(CC(N)=O)C(=O)O. The number of primary amides is 3. The van der Waals surface area contributed by atoms with Gasteiger partial charge < -0.3 is 49.1 Å². The topological polar surface area (TPSA) is 317 Å². The van der Waals surface area contributed by atoms with Crippen LogP contribution in [0.4, 0.5) is 0 Å². The van der Waals surface area contributed by atoms with Crippen molar-refractivity contribution in [3.63, 3.8) is 0 Å². The van der Waals surface area contributed by atoms with E-state index in [1.807, 2.05) is 10.6 Å². The van der Waals surface area contributed by atoms with Crippen LogP contribution in [-0.2, 0) is 38.4 Å². The Morgan fingerprint density at radius 3 is 1.53 bits per heavy atom. The zero-order valence-corrected chi connectivity index (χ0v) is 17.8. The van der Waals surface area contributed by atoms with Crippen molar-refractivity contribution >= 4 is 47.4 Å². The summed E-state index contributed by atoms with van der Waals surface area (Å²) in [6.07, 6.45) is -3.21. The number of aliphatic carboxylic acids is 2. The molecule has 0 fully saturated rings. The summed E-state index contributed by atoms with van der Waals surface area (Å²) in [7, 11) is 0. The van der Waals surface area contributed by atoms with Crippen molar-refractivity contribution in [1.82, 2.24) is 16.0 Å². The normalized spacial score (nSPS) is 13.9. The third-order valence-electron chi connectivity index (χ3n) is 4.10. The molecule has 0 radical (unpaired) electrons. The Morgan fingerprint density at radius 2 is 1.09 bits per heavy atom. The molecule has 17 nitrogen and oxygen atoms in total. The molecule has 190 valence electrons. The second-order valence-corrected chi connectivity index (χ2v) is 7.07. The van der Waals surface area contributed by atoms with Crippen LogP contribution in [-0.4, -0.2) is 81.8 Å². The number of rotatable bonds is 16. The van der Waals surface area contributed by atoms with Crippen LogP contribution in [0.5, 0.6) is 0 Å². The lowest BCUT2D eigenvalue weighted by molar-refractivity contribution is -0.144. The number of carbonyl (C=O) groups excluding carboxylic acids is 6. The maximum Gasteiger partial charge on any atom is 0.326 e. The fourth-order valence-corrected chi connectivity index (χ4v) is 2.47. The van der Waals surface area contributed by atoms with Crippen molar-refractivity contribution in [2.24, 2.45) is 22.9 Å². The average molecular weight is 489 g/mol. The molecule has 0 saturated carbocycles. The van der Waals surface area contributed by atoms with Crippen LogP contribution in [0.2, 0.25) is 0 Å². The molecule has 0 aliphatic rings. The minimum absolute atomic E-state index is 0.392. The number of amides is 6. The van der Waals surface area contributed by atoms with Gasteiger partial charge in [-0.05, 0) is 6.42 Å². The minimum Gasteiger partial charge on any atom is -0.481 e. The van der Waals surface area contributed by atoms with Crippen molar-refractivity contribution in [1.29, 1.82) is 0 Å². The van der Waals surface area contributed by atoms with Gasteiger partial charge in [-0.3, -0.25) is 33.6 Å². The number of nitrogens with two attached hydrogens (primary N) is 4. The molecule has 34 heavy (non-hydrogen) atoms. The molecule has 0 aliphatic heterocycles. The highest BCUT2D eigenvalue weighted by Gasteiger charge is 2.32. The summed E-state index contributed by atoms with van der Waals surface area (Å²) in [5.41, 5.74) is 20.4. The molecule has 0 aliphatic carbocycles. The molecule has 4 unspecified atom stereocenters. The highest BCUT2D eigenvalue weighted by atomic mass is 16.4. The molecule has 0 rings (SSSR count). The fourth-order valence-electron chi connectivity index (χ4n) is 2.47. The van der Waals surface area contributed by atoms with E-state index in [-0.39, 0.29) is 0 Å². The van der Waals surface area contributed by atoms with Crippen molar-refractivity contribution < 1.29 is 48.6 Å². The van der Waals surface area contributed by atoms with Crippen LogP contribution in [0.25, 0.3) is 0 Å². The Morgan fingerprint density at radius 1 is 0.618 bits per heavy atom. The Hall–Kier alpha value is -4.28. The van der Waals surface area contributed by atoms with Crippen molar-refractivity contribution in [2.75, 3.05) is 0 Å². The van der Waals surface area contributed by atoms with E-state index in [4.69, 9.17) is 33.1 Å². The first-order valence-corrected chi connectivity index (χ1v) is 9.60. The van der Waals surface area contributed by atoms with E-state index in [2.05, 4.69) is 5.32 Å². The monoisotopic (exact) mass is 489 g/mol. The van der Waals surface area contributed by atoms with Crippen LogP contribution in [0.1, 0.15) is 32.1 Å². The van der Waals surface area contributed by atoms with Gasteiger partial charge in [0.25, 0.3) is 0 Å². The van der Waals surface area contributed by atoms with Crippen LogP contribution in [0.15, 0.2) is 0 Å². The molecular formula is C17H27N7O10. The second kappa shape index (κ2) is 14.0. The van der Waals surface area contributed by atoms with E-state index in [0.717, 1.165) is 0 Å². The van der Waals surface area contributed by atoms with Crippen molar-refractivity contribution in [3.8, 4) is 0 Å². The molecule has 0 spiro atoms. The molecule has 0 bridgehead atoms. The molecule has 13 N–H and O–H groups in total. The lowest BCUT2D eigenvalue weighted by atomic mass is 10.1. The molecule has 17 heteroatoms. The Labute approximate surface area is 191 Å². The van der Waals surface area contributed by atoms with Gasteiger partial charge in [0, 0.05) is 6.42 Å². The summed E-state index contributed by atoms with van der Waals surface area (Å²) in [5, 5.41) is 24.1. The summed E-state index contributed by atoms with van der Waals surface area (Å²) in [6.45, 7) is 0. The van der Waals surface area contributed by atoms with E-state index in [1.54, 1.807) is 0 Å². The van der Waals surface area contributed by atoms with Gasteiger partial charge in [0.05, 0.1) is 25.3 Å². The number of nitrogens with one attached hydrogen (secondary N) is 3. The first-order valence-electron chi connectivity index (χ1n) is 9.60. The maximum absolute atomic E-state index is 12.7. The van der Waals surface area contributed by atoms with E-state index >= 15 is 0 Å². The van der Waals surface area contributed by atoms with Crippen molar-refractivity contribution in [3.05, 3.63) is 0 Å². The summed E-state index contributed by atoms with van der Waals surface area (Å²) < 4.78 is 0. The van der Waals surface area contributed by atoms with E-state index in [0.29, 0.717) is 0 Å². The average Bonchev–Trinajstić information content (AvgIpc) is 2.68. The highest BCUT2D eigenvalue weighted by Crippen LogP contribution is 2.03. The number of hydrogen-bond donors (Lipinski definition) is 9.